The average molecular weight is 262 g/mol. The molecule has 1 aromatic carbocycles. The van der Waals surface area contributed by atoms with E-state index < -0.39 is 0 Å². The van der Waals surface area contributed by atoms with E-state index in [9.17, 15) is 0 Å². The first-order chi connectivity index (χ1) is 9.13. The van der Waals surface area contributed by atoms with Crippen molar-refractivity contribution in [3.8, 4) is 5.75 Å². The third kappa shape index (κ3) is 3.95. The summed E-state index contributed by atoms with van der Waals surface area (Å²) in [7, 11) is 2.16. The minimum atomic E-state index is -0.0341. The normalized spacial score (nSPS) is 19.3. The first-order valence-electron chi connectivity index (χ1n) is 7.31. The highest BCUT2D eigenvalue weighted by molar-refractivity contribution is 5.33. The molecule has 1 aliphatic heterocycles. The second-order valence-corrected chi connectivity index (χ2v) is 5.73. The Hall–Kier alpha value is -1.06. The number of para-hydroxylation sites is 1. The molecule has 0 saturated carbocycles. The lowest BCUT2D eigenvalue weighted by Crippen LogP contribution is -2.50. The molecule has 3 nitrogen and oxygen atoms in total. The number of nitrogens with zero attached hydrogens (tertiary/aromatic N) is 1. The fourth-order valence-corrected chi connectivity index (χ4v) is 2.61. The summed E-state index contributed by atoms with van der Waals surface area (Å²) in [6.45, 7) is 5.07. The standard InChI is InChI=1S/C16H26N2O/c1-3-14-6-4-5-7-15(14)19-13-10-16(17)8-11-18(2)12-9-16/h4-7H,3,8-13,17H2,1-2H3. The van der Waals surface area contributed by atoms with Crippen molar-refractivity contribution in [3.63, 3.8) is 0 Å². The molecule has 1 heterocycles. The molecule has 106 valence electrons. The van der Waals surface area contributed by atoms with Gasteiger partial charge in [0.05, 0.1) is 6.61 Å². The lowest BCUT2D eigenvalue weighted by atomic mass is 9.86. The number of benzene rings is 1. The van der Waals surface area contributed by atoms with Crippen LogP contribution in [0.3, 0.4) is 0 Å². The first-order valence-corrected chi connectivity index (χ1v) is 7.31. The zero-order chi connectivity index (χ0) is 13.7. The van der Waals surface area contributed by atoms with Crippen LogP contribution in [-0.4, -0.2) is 37.2 Å². The predicted octanol–water partition coefficient (Wildman–Crippen LogP) is 2.44. The summed E-state index contributed by atoms with van der Waals surface area (Å²) in [6, 6.07) is 8.27. The average Bonchev–Trinajstić information content (AvgIpc) is 2.43. The van der Waals surface area contributed by atoms with Gasteiger partial charge in [0.15, 0.2) is 0 Å². The number of rotatable bonds is 5. The summed E-state index contributed by atoms with van der Waals surface area (Å²) in [4.78, 5) is 2.35. The molecular formula is C16H26N2O. The van der Waals surface area contributed by atoms with Crippen molar-refractivity contribution in [2.45, 2.75) is 38.1 Å². The van der Waals surface area contributed by atoms with E-state index in [1.165, 1.54) is 5.56 Å². The number of likely N-dealkylation sites (tertiary alicyclic amines) is 1. The fraction of sp³-hybridized carbons (Fsp3) is 0.625. The highest BCUT2D eigenvalue weighted by Gasteiger charge is 2.29. The van der Waals surface area contributed by atoms with E-state index in [4.69, 9.17) is 10.5 Å². The molecule has 0 aromatic heterocycles. The molecule has 0 unspecified atom stereocenters. The molecule has 0 radical (unpaired) electrons. The van der Waals surface area contributed by atoms with Gasteiger partial charge in [0, 0.05) is 5.54 Å². The van der Waals surface area contributed by atoms with E-state index in [-0.39, 0.29) is 5.54 Å². The molecule has 1 aliphatic rings. The summed E-state index contributed by atoms with van der Waals surface area (Å²) in [6.07, 6.45) is 4.10. The van der Waals surface area contributed by atoms with Crippen LogP contribution in [0.1, 0.15) is 31.7 Å². The van der Waals surface area contributed by atoms with Crippen molar-refractivity contribution >= 4 is 0 Å². The molecule has 0 bridgehead atoms. The Morgan fingerprint density at radius 1 is 1.26 bits per heavy atom. The van der Waals surface area contributed by atoms with Crippen LogP contribution < -0.4 is 10.5 Å². The number of hydrogen-bond donors (Lipinski definition) is 1. The molecule has 0 amide bonds. The van der Waals surface area contributed by atoms with Crippen LogP contribution >= 0.6 is 0 Å². The molecule has 2 rings (SSSR count). The summed E-state index contributed by atoms with van der Waals surface area (Å²) in [5, 5.41) is 0. The van der Waals surface area contributed by atoms with Crippen molar-refractivity contribution in [3.05, 3.63) is 29.8 Å². The van der Waals surface area contributed by atoms with Gasteiger partial charge in [0.1, 0.15) is 5.75 Å². The van der Waals surface area contributed by atoms with Gasteiger partial charge in [-0.3, -0.25) is 0 Å². The zero-order valence-electron chi connectivity index (χ0n) is 12.2. The zero-order valence-corrected chi connectivity index (χ0v) is 12.2. The quantitative estimate of drug-likeness (QED) is 0.886. The van der Waals surface area contributed by atoms with Crippen molar-refractivity contribution in [2.24, 2.45) is 5.73 Å². The summed E-state index contributed by atoms with van der Waals surface area (Å²) in [5.41, 5.74) is 7.69. The third-order valence-electron chi connectivity index (χ3n) is 4.19. The van der Waals surface area contributed by atoms with E-state index in [1.54, 1.807) is 0 Å². The molecule has 1 fully saturated rings. The highest BCUT2D eigenvalue weighted by atomic mass is 16.5. The largest absolute Gasteiger partial charge is 0.493 e. The Bertz CT molecular complexity index is 397. The SMILES string of the molecule is CCc1ccccc1OCCC1(N)CCN(C)CC1. The Labute approximate surface area is 116 Å². The van der Waals surface area contributed by atoms with E-state index >= 15 is 0 Å². The predicted molar refractivity (Wildman–Crippen MR) is 79.6 cm³/mol. The van der Waals surface area contributed by atoms with Crippen molar-refractivity contribution < 1.29 is 4.74 Å². The van der Waals surface area contributed by atoms with Gasteiger partial charge in [-0.05, 0) is 57.5 Å². The van der Waals surface area contributed by atoms with Gasteiger partial charge >= 0.3 is 0 Å². The maximum Gasteiger partial charge on any atom is 0.122 e. The molecule has 1 saturated heterocycles. The maximum absolute atomic E-state index is 6.45. The van der Waals surface area contributed by atoms with Crippen molar-refractivity contribution in [2.75, 3.05) is 26.7 Å². The van der Waals surface area contributed by atoms with Crippen LogP contribution in [0, 0.1) is 0 Å². The number of hydrogen-bond acceptors (Lipinski definition) is 3. The molecule has 3 heteroatoms. The lowest BCUT2D eigenvalue weighted by Gasteiger charge is -2.37. The second kappa shape index (κ2) is 6.40. The molecule has 19 heavy (non-hydrogen) atoms. The number of ether oxygens (including phenoxy) is 1. The van der Waals surface area contributed by atoms with Crippen molar-refractivity contribution in [1.29, 1.82) is 0 Å². The van der Waals surface area contributed by atoms with Gasteiger partial charge in [-0.25, -0.2) is 0 Å². The van der Waals surface area contributed by atoms with Gasteiger partial charge in [-0.1, -0.05) is 25.1 Å². The van der Waals surface area contributed by atoms with Crippen LogP contribution in [0.4, 0.5) is 0 Å². The summed E-state index contributed by atoms with van der Waals surface area (Å²) >= 11 is 0. The van der Waals surface area contributed by atoms with E-state index in [1.807, 2.05) is 6.07 Å². The fourth-order valence-electron chi connectivity index (χ4n) is 2.61. The summed E-state index contributed by atoms with van der Waals surface area (Å²) < 4.78 is 5.93. The second-order valence-electron chi connectivity index (χ2n) is 5.73. The lowest BCUT2D eigenvalue weighted by molar-refractivity contribution is 0.159. The maximum atomic E-state index is 6.45. The van der Waals surface area contributed by atoms with E-state index in [0.29, 0.717) is 0 Å². The van der Waals surface area contributed by atoms with Crippen LogP contribution in [0.15, 0.2) is 24.3 Å². The topological polar surface area (TPSA) is 38.5 Å². The smallest absolute Gasteiger partial charge is 0.122 e. The Morgan fingerprint density at radius 3 is 2.63 bits per heavy atom. The molecule has 2 N–H and O–H groups in total. The molecule has 0 aliphatic carbocycles. The Kier molecular flexibility index (Phi) is 4.83. The highest BCUT2D eigenvalue weighted by Crippen LogP contribution is 2.24. The Balaban J connectivity index is 1.83. The van der Waals surface area contributed by atoms with Crippen LogP contribution in [0.5, 0.6) is 5.75 Å². The van der Waals surface area contributed by atoms with Crippen LogP contribution in [0.2, 0.25) is 0 Å². The van der Waals surface area contributed by atoms with Gasteiger partial charge in [0.2, 0.25) is 0 Å². The number of aryl methyl sites for hydroxylation is 1. The van der Waals surface area contributed by atoms with E-state index in [2.05, 4.69) is 37.1 Å². The minimum absolute atomic E-state index is 0.0341. The van der Waals surface area contributed by atoms with Crippen LogP contribution in [0.25, 0.3) is 0 Å². The molecular weight excluding hydrogens is 236 g/mol. The van der Waals surface area contributed by atoms with E-state index in [0.717, 1.165) is 51.1 Å². The van der Waals surface area contributed by atoms with Crippen LogP contribution in [-0.2, 0) is 6.42 Å². The molecule has 1 aromatic rings. The first kappa shape index (κ1) is 14.4. The number of piperidine rings is 1. The number of nitrogens with two attached hydrogens (primary N) is 1. The minimum Gasteiger partial charge on any atom is -0.493 e. The summed E-state index contributed by atoms with van der Waals surface area (Å²) in [5.74, 6) is 1.02. The third-order valence-corrected chi connectivity index (χ3v) is 4.19. The Morgan fingerprint density at radius 2 is 1.95 bits per heavy atom. The van der Waals surface area contributed by atoms with Gasteiger partial charge < -0.3 is 15.4 Å². The monoisotopic (exact) mass is 262 g/mol. The van der Waals surface area contributed by atoms with Crippen molar-refractivity contribution in [1.82, 2.24) is 4.90 Å². The van der Waals surface area contributed by atoms with Gasteiger partial charge in [0.25, 0.3) is 0 Å². The van der Waals surface area contributed by atoms with Gasteiger partial charge in [-0.2, -0.15) is 0 Å². The van der Waals surface area contributed by atoms with Gasteiger partial charge in [-0.15, -0.1) is 0 Å². The molecule has 0 spiro atoms. The molecule has 0 atom stereocenters.